The first kappa shape index (κ1) is 18.1. The van der Waals surface area contributed by atoms with Crippen molar-refractivity contribution in [3.8, 4) is 5.88 Å². The van der Waals surface area contributed by atoms with E-state index in [1.165, 1.54) is 22.0 Å². The zero-order valence-corrected chi connectivity index (χ0v) is 15.4. The minimum Gasteiger partial charge on any atom is -0.494 e. The Morgan fingerprint density at radius 2 is 2.08 bits per heavy atom. The van der Waals surface area contributed by atoms with Crippen LogP contribution in [0.25, 0.3) is 11.0 Å². The average Bonchev–Trinajstić information content (AvgIpc) is 3.09. The van der Waals surface area contributed by atoms with Gasteiger partial charge in [0.05, 0.1) is 22.0 Å². The molecule has 3 rings (SSSR count). The number of rotatable bonds is 5. The van der Waals surface area contributed by atoms with Gasteiger partial charge in [-0.3, -0.25) is 14.6 Å². The molecule has 3 N–H and O–H groups in total. The third-order valence-corrected chi connectivity index (χ3v) is 5.29. The van der Waals surface area contributed by atoms with Crippen LogP contribution in [0.1, 0.15) is 34.6 Å². The predicted octanol–water partition coefficient (Wildman–Crippen LogP) is 2.99. The molecule has 0 aliphatic rings. The van der Waals surface area contributed by atoms with Gasteiger partial charge in [0.25, 0.3) is 0 Å². The van der Waals surface area contributed by atoms with Crippen molar-refractivity contribution in [2.45, 2.75) is 27.3 Å². The molecule has 0 unspecified atom stereocenters. The van der Waals surface area contributed by atoms with Crippen LogP contribution in [0, 0.1) is 18.2 Å². The Hall–Kier alpha value is -2.74. The number of nitrogens with zero attached hydrogens (tertiary/aromatic N) is 2. The lowest BCUT2D eigenvalue weighted by molar-refractivity contribution is -0.126. The second-order valence-corrected chi connectivity index (χ2v) is 7.78. The Bertz CT molecular complexity index is 1040. The highest BCUT2D eigenvalue weighted by Gasteiger charge is 2.31. The largest absolute Gasteiger partial charge is 0.494 e. The molecule has 0 aromatic carbocycles. The van der Waals surface area contributed by atoms with Gasteiger partial charge in [0.2, 0.25) is 17.6 Å². The molecule has 0 aliphatic heterocycles. The molecular formula is C18H18FN3O3S. The first-order chi connectivity index (χ1) is 12.1. The van der Waals surface area contributed by atoms with E-state index in [1.807, 2.05) is 12.3 Å². The van der Waals surface area contributed by atoms with Crippen molar-refractivity contribution >= 4 is 34.1 Å². The first-order valence-corrected chi connectivity index (χ1v) is 8.76. The lowest BCUT2D eigenvalue weighted by atomic mass is 9.92. The Balaban J connectivity index is 2.23. The van der Waals surface area contributed by atoms with Gasteiger partial charge >= 0.3 is 0 Å². The number of hydrogen-bond acceptors (Lipinski definition) is 5. The summed E-state index contributed by atoms with van der Waals surface area (Å²) < 4.78 is 15.1. The first-order valence-electron chi connectivity index (χ1n) is 7.88. The molecule has 6 nitrogen and oxygen atoms in total. The number of aromatic hydroxyl groups is 1. The van der Waals surface area contributed by atoms with Gasteiger partial charge < -0.3 is 15.4 Å². The number of ketones is 1. The average molecular weight is 375 g/mol. The Labute approximate surface area is 153 Å². The van der Waals surface area contributed by atoms with Crippen LogP contribution in [-0.4, -0.2) is 26.3 Å². The third-order valence-electron chi connectivity index (χ3n) is 4.24. The summed E-state index contributed by atoms with van der Waals surface area (Å²) in [5, 5.41) is 12.5. The smallest absolute Gasteiger partial charge is 0.224 e. The Morgan fingerprint density at radius 1 is 1.38 bits per heavy atom. The maximum absolute atomic E-state index is 13.7. The minimum atomic E-state index is -1.02. The van der Waals surface area contributed by atoms with Crippen molar-refractivity contribution in [2.75, 3.05) is 0 Å². The fraction of sp³-hybridized carbons (Fsp3) is 0.278. The van der Waals surface area contributed by atoms with Crippen LogP contribution >= 0.6 is 11.3 Å². The van der Waals surface area contributed by atoms with Gasteiger partial charge in [-0.1, -0.05) is 0 Å². The third kappa shape index (κ3) is 2.96. The number of aryl methyl sites for hydroxylation is 1. The van der Waals surface area contributed by atoms with E-state index in [9.17, 15) is 19.1 Å². The van der Waals surface area contributed by atoms with E-state index >= 15 is 0 Å². The van der Waals surface area contributed by atoms with E-state index in [0.717, 1.165) is 11.8 Å². The molecule has 3 heterocycles. The summed E-state index contributed by atoms with van der Waals surface area (Å²) in [4.78, 5) is 29.0. The highest BCUT2D eigenvalue weighted by atomic mass is 32.1. The van der Waals surface area contributed by atoms with Gasteiger partial charge in [-0.05, 0) is 37.8 Å². The summed E-state index contributed by atoms with van der Waals surface area (Å²) >= 11 is 1.25. The number of nitrogens with two attached hydrogens (primary N) is 1. The molecule has 0 atom stereocenters. The lowest BCUT2D eigenvalue weighted by Crippen LogP contribution is -2.35. The SMILES string of the molecule is Cc1csc(C(=O)c2c(O)n(CC(C)(C)C(N)=O)c3cc(F)cnc23)c1. The summed E-state index contributed by atoms with van der Waals surface area (Å²) in [6.45, 7) is 5.06. The van der Waals surface area contributed by atoms with E-state index in [0.29, 0.717) is 4.88 Å². The van der Waals surface area contributed by atoms with E-state index in [-0.39, 0.29) is 29.0 Å². The maximum atomic E-state index is 13.7. The zero-order valence-electron chi connectivity index (χ0n) is 14.5. The Kier molecular flexibility index (Phi) is 4.31. The number of aromatic nitrogens is 2. The minimum absolute atomic E-state index is 0.0119. The van der Waals surface area contributed by atoms with E-state index in [1.54, 1.807) is 19.9 Å². The van der Waals surface area contributed by atoms with Gasteiger partial charge in [-0.2, -0.15) is 0 Å². The Morgan fingerprint density at radius 3 is 2.65 bits per heavy atom. The van der Waals surface area contributed by atoms with Crippen LogP contribution in [0.4, 0.5) is 4.39 Å². The zero-order chi connectivity index (χ0) is 19.2. The molecular weight excluding hydrogens is 357 g/mol. The number of amides is 1. The molecule has 3 aromatic rings. The van der Waals surface area contributed by atoms with E-state index in [2.05, 4.69) is 4.98 Å². The topological polar surface area (TPSA) is 98.2 Å². The van der Waals surface area contributed by atoms with Crippen LogP contribution in [-0.2, 0) is 11.3 Å². The molecule has 0 bridgehead atoms. The molecule has 0 radical (unpaired) electrons. The molecule has 0 spiro atoms. The summed E-state index contributed by atoms with van der Waals surface area (Å²) in [5.41, 5.74) is 5.72. The number of hydrogen-bond donors (Lipinski definition) is 2. The number of thiophene rings is 1. The predicted molar refractivity (Wildman–Crippen MR) is 96.8 cm³/mol. The van der Waals surface area contributed by atoms with Gasteiger partial charge in [0.1, 0.15) is 16.9 Å². The van der Waals surface area contributed by atoms with Crippen molar-refractivity contribution in [1.29, 1.82) is 0 Å². The number of primary amides is 1. The molecule has 0 saturated heterocycles. The molecule has 1 amide bonds. The van der Waals surface area contributed by atoms with E-state index in [4.69, 9.17) is 5.73 Å². The standard InChI is InChI=1S/C18H18FN3O3S/c1-9-4-12(26-7-9)15(23)13-14-11(5-10(19)6-21-14)22(16(13)24)8-18(2,3)17(20)25/h4-7,24H,8H2,1-3H3,(H2,20,25). The molecule has 0 fully saturated rings. The highest BCUT2D eigenvalue weighted by Crippen LogP contribution is 2.35. The van der Waals surface area contributed by atoms with Crippen LogP contribution in [0.3, 0.4) is 0 Å². The van der Waals surface area contributed by atoms with Crippen LogP contribution in [0.2, 0.25) is 0 Å². The maximum Gasteiger partial charge on any atom is 0.224 e. The summed E-state index contributed by atoms with van der Waals surface area (Å²) in [7, 11) is 0. The summed E-state index contributed by atoms with van der Waals surface area (Å²) in [5.74, 6) is -1.95. The quantitative estimate of drug-likeness (QED) is 0.670. The molecule has 136 valence electrons. The lowest BCUT2D eigenvalue weighted by Gasteiger charge is -2.22. The summed E-state index contributed by atoms with van der Waals surface area (Å²) in [6.07, 6.45) is 0.988. The molecule has 0 saturated carbocycles. The molecule has 8 heteroatoms. The van der Waals surface area contributed by atoms with Crippen LogP contribution in [0.5, 0.6) is 5.88 Å². The van der Waals surface area contributed by atoms with Crippen LogP contribution in [0.15, 0.2) is 23.7 Å². The number of carbonyl (C=O) groups excluding carboxylic acids is 2. The number of pyridine rings is 1. The molecule has 26 heavy (non-hydrogen) atoms. The van der Waals surface area contributed by atoms with Crippen molar-refractivity contribution < 1.29 is 19.1 Å². The van der Waals surface area contributed by atoms with Crippen molar-refractivity contribution in [1.82, 2.24) is 9.55 Å². The van der Waals surface area contributed by atoms with Crippen molar-refractivity contribution in [2.24, 2.45) is 11.1 Å². The number of halogens is 1. The van der Waals surface area contributed by atoms with Crippen molar-refractivity contribution in [3.05, 3.63) is 45.5 Å². The van der Waals surface area contributed by atoms with Crippen LogP contribution < -0.4 is 5.73 Å². The second-order valence-electron chi connectivity index (χ2n) is 6.87. The monoisotopic (exact) mass is 375 g/mol. The normalized spacial score (nSPS) is 11.8. The van der Waals surface area contributed by atoms with Gasteiger partial charge in [-0.25, -0.2) is 4.39 Å². The van der Waals surface area contributed by atoms with Gasteiger partial charge in [0.15, 0.2) is 0 Å². The number of carbonyl (C=O) groups is 2. The molecule has 3 aromatic heterocycles. The van der Waals surface area contributed by atoms with Gasteiger partial charge in [0, 0.05) is 12.6 Å². The van der Waals surface area contributed by atoms with E-state index < -0.39 is 22.9 Å². The van der Waals surface area contributed by atoms with Gasteiger partial charge in [-0.15, -0.1) is 11.3 Å². The summed E-state index contributed by atoms with van der Waals surface area (Å²) in [6, 6.07) is 2.89. The second kappa shape index (κ2) is 6.21. The van der Waals surface area contributed by atoms with Crippen molar-refractivity contribution in [3.63, 3.8) is 0 Å². The fourth-order valence-electron chi connectivity index (χ4n) is 2.70. The fourth-order valence-corrected chi connectivity index (χ4v) is 3.54. The number of fused-ring (bicyclic) bond motifs is 1. The highest BCUT2D eigenvalue weighted by molar-refractivity contribution is 7.12. The molecule has 0 aliphatic carbocycles.